The van der Waals surface area contributed by atoms with E-state index in [0.717, 1.165) is 56.7 Å². The molecule has 0 amide bonds. The fourth-order valence-electron chi connectivity index (χ4n) is 2.35. The van der Waals surface area contributed by atoms with Crippen LogP contribution in [0, 0.1) is 0 Å². The third-order valence-corrected chi connectivity index (χ3v) is 3.79. The van der Waals surface area contributed by atoms with Gasteiger partial charge in [-0.05, 0) is 49.7 Å². The van der Waals surface area contributed by atoms with Crippen LogP contribution in [0.25, 0.3) is 0 Å². The molecule has 1 aromatic rings. The lowest BCUT2D eigenvalue weighted by Crippen LogP contribution is -2.25. The first kappa shape index (κ1) is 17.5. The molecule has 118 valence electrons. The number of nitrogens with one attached hydrogen (secondary N) is 1. The smallest absolute Gasteiger partial charge is 0.335 e. The Bertz CT molecular complexity index is 442. The summed E-state index contributed by atoms with van der Waals surface area (Å²) in [6, 6.07) is 5.57. The molecule has 4 heteroatoms. The Kier molecular flexibility index (Phi) is 7.83. The second kappa shape index (κ2) is 9.40. The predicted octanol–water partition coefficient (Wildman–Crippen LogP) is 3.48. The zero-order valence-corrected chi connectivity index (χ0v) is 13.5. The summed E-state index contributed by atoms with van der Waals surface area (Å²) in [5.41, 5.74) is 2.35. The first-order chi connectivity index (χ1) is 10.1. The van der Waals surface area contributed by atoms with Crippen LogP contribution in [0.3, 0.4) is 0 Å². The van der Waals surface area contributed by atoms with Crippen LogP contribution in [0.15, 0.2) is 18.2 Å². The summed E-state index contributed by atoms with van der Waals surface area (Å²) in [4.78, 5) is 13.7. The van der Waals surface area contributed by atoms with Gasteiger partial charge in [0.15, 0.2) is 0 Å². The summed E-state index contributed by atoms with van der Waals surface area (Å²) in [5, 5.41) is 12.7. The van der Waals surface area contributed by atoms with E-state index in [-0.39, 0.29) is 0 Å². The van der Waals surface area contributed by atoms with E-state index >= 15 is 0 Å². The molecule has 0 unspecified atom stereocenters. The average Bonchev–Trinajstić information content (AvgIpc) is 2.48. The van der Waals surface area contributed by atoms with Crippen LogP contribution in [-0.4, -0.2) is 42.2 Å². The first-order valence-corrected chi connectivity index (χ1v) is 7.94. The van der Waals surface area contributed by atoms with E-state index in [1.165, 1.54) is 0 Å². The van der Waals surface area contributed by atoms with Gasteiger partial charge in [0, 0.05) is 18.8 Å². The number of carbonyl (C=O) groups is 1. The minimum atomic E-state index is -0.843. The van der Waals surface area contributed by atoms with E-state index < -0.39 is 5.97 Å². The van der Waals surface area contributed by atoms with E-state index in [1.807, 2.05) is 12.1 Å². The molecular weight excluding hydrogens is 264 g/mol. The van der Waals surface area contributed by atoms with Crippen molar-refractivity contribution in [3.05, 3.63) is 29.3 Å². The minimum absolute atomic E-state index is 0.420. The van der Waals surface area contributed by atoms with Crippen LogP contribution in [-0.2, 0) is 6.42 Å². The van der Waals surface area contributed by atoms with E-state index in [1.54, 1.807) is 6.07 Å². The number of unbranched alkanes of at least 4 members (excludes halogenated alkanes) is 1. The van der Waals surface area contributed by atoms with Crippen LogP contribution in [0.2, 0.25) is 0 Å². The number of nitrogens with zero attached hydrogens (tertiary/aromatic N) is 1. The van der Waals surface area contributed by atoms with Crippen molar-refractivity contribution in [2.45, 2.75) is 40.0 Å². The van der Waals surface area contributed by atoms with E-state index in [2.05, 4.69) is 31.0 Å². The quantitative estimate of drug-likeness (QED) is 0.648. The van der Waals surface area contributed by atoms with E-state index in [4.69, 9.17) is 0 Å². The molecule has 0 radical (unpaired) electrons. The molecule has 0 fully saturated rings. The second-order valence-electron chi connectivity index (χ2n) is 5.23. The van der Waals surface area contributed by atoms with Gasteiger partial charge < -0.3 is 15.3 Å². The van der Waals surface area contributed by atoms with Crippen LogP contribution in [0.5, 0.6) is 0 Å². The number of rotatable bonds is 10. The largest absolute Gasteiger partial charge is 0.478 e. The maximum atomic E-state index is 11.3. The highest BCUT2D eigenvalue weighted by molar-refractivity contribution is 5.90. The van der Waals surface area contributed by atoms with Crippen molar-refractivity contribution >= 4 is 11.7 Å². The fourth-order valence-corrected chi connectivity index (χ4v) is 2.35. The molecule has 0 saturated heterocycles. The molecule has 0 saturated carbocycles. The van der Waals surface area contributed by atoms with Gasteiger partial charge in [-0.3, -0.25) is 0 Å². The maximum absolute atomic E-state index is 11.3. The number of carboxylic acids is 1. The third-order valence-electron chi connectivity index (χ3n) is 3.79. The SMILES string of the molecule is CCCCNc1ccc(C(=O)O)c(CCN(CC)CC)c1. The molecule has 0 aliphatic heterocycles. The van der Waals surface area contributed by atoms with Crippen LogP contribution >= 0.6 is 0 Å². The van der Waals surface area contributed by atoms with Crippen LogP contribution in [0.1, 0.15) is 49.5 Å². The number of aromatic carboxylic acids is 1. The molecule has 1 rings (SSSR count). The van der Waals surface area contributed by atoms with Gasteiger partial charge in [-0.15, -0.1) is 0 Å². The van der Waals surface area contributed by atoms with Gasteiger partial charge in [0.05, 0.1) is 5.56 Å². The van der Waals surface area contributed by atoms with Gasteiger partial charge in [-0.1, -0.05) is 27.2 Å². The number of likely N-dealkylation sites (N-methyl/N-ethyl adjacent to an activating group) is 1. The highest BCUT2D eigenvalue weighted by atomic mass is 16.4. The van der Waals surface area contributed by atoms with Gasteiger partial charge in [0.2, 0.25) is 0 Å². The van der Waals surface area contributed by atoms with Gasteiger partial charge in [-0.25, -0.2) is 4.79 Å². The average molecular weight is 292 g/mol. The van der Waals surface area contributed by atoms with Crippen molar-refractivity contribution in [2.24, 2.45) is 0 Å². The Morgan fingerprint density at radius 2 is 1.95 bits per heavy atom. The zero-order chi connectivity index (χ0) is 15.7. The highest BCUT2D eigenvalue weighted by Crippen LogP contribution is 2.17. The lowest BCUT2D eigenvalue weighted by atomic mass is 10.0. The minimum Gasteiger partial charge on any atom is -0.478 e. The lowest BCUT2D eigenvalue weighted by Gasteiger charge is -2.19. The number of hydrogen-bond acceptors (Lipinski definition) is 3. The van der Waals surface area contributed by atoms with Crippen LogP contribution in [0.4, 0.5) is 5.69 Å². The first-order valence-electron chi connectivity index (χ1n) is 7.94. The molecule has 0 spiro atoms. The van der Waals surface area contributed by atoms with Crippen molar-refractivity contribution in [3.8, 4) is 0 Å². The van der Waals surface area contributed by atoms with E-state index in [0.29, 0.717) is 5.56 Å². The van der Waals surface area contributed by atoms with Crippen LogP contribution < -0.4 is 5.32 Å². The Labute approximate surface area is 128 Å². The normalized spacial score (nSPS) is 10.9. The summed E-state index contributed by atoms with van der Waals surface area (Å²) in [6.45, 7) is 10.2. The van der Waals surface area contributed by atoms with Gasteiger partial charge >= 0.3 is 5.97 Å². The van der Waals surface area contributed by atoms with Gasteiger partial charge in [0.1, 0.15) is 0 Å². The Balaban J connectivity index is 2.80. The Hall–Kier alpha value is -1.55. The third kappa shape index (κ3) is 5.76. The summed E-state index contributed by atoms with van der Waals surface area (Å²) < 4.78 is 0. The predicted molar refractivity (Wildman–Crippen MR) is 88.3 cm³/mol. The number of benzene rings is 1. The molecule has 0 bridgehead atoms. The Morgan fingerprint density at radius 3 is 2.52 bits per heavy atom. The molecule has 4 nitrogen and oxygen atoms in total. The lowest BCUT2D eigenvalue weighted by molar-refractivity contribution is 0.0695. The molecule has 2 N–H and O–H groups in total. The van der Waals surface area contributed by atoms with Gasteiger partial charge in [-0.2, -0.15) is 0 Å². The molecule has 0 aliphatic carbocycles. The highest BCUT2D eigenvalue weighted by Gasteiger charge is 2.11. The molecular formula is C17H28N2O2. The molecule has 21 heavy (non-hydrogen) atoms. The number of anilines is 1. The molecule has 0 heterocycles. The van der Waals surface area contributed by atoms with Crippen molar-refractivity contribution in [1.29, 1.82) is 0 Å². The molecule has 0 aromatic heterocycles. The number of carboxylic acid groups (broad SMARTS) is 1. The summed E-state index contributed by atoms with van der Waals surface area (Å²) in [5.74, 6) is -0.843. The van der Waals surface area contributed by atoms with Crippen molar-refractivity contribution in [1.82, 2.24) is 4.90 Å². The fraction of sp³-hybridized carbons (Fsp3) is 0.588. The Morgan fingerprint density at radius 1 is 1.24 bits per heavy atom. The zero-order valence-electron chi connectivity index (χ0n) is 13.5. The second-order valence-corrected chi connectivity index (χ2v) is 5.23. The standard InChI is InChI=1S/C17H28N2O2/c1-4-7-11-18-15-8-9-16(17(20)21)14(13-15)10-12-19(5-2)6-3/h8-9,13,18H,4-7,10-12H2,1-3H3,(H,20,21). The number of hydrogen-bond donors (Lipinski definition) is 2. The molecule has 0 aliphatic rings. The molecule has 0 atom stereocenters. The van der Waals surface area contributed by atoms with Crippen molar-refractivity contribution < 1.29 is 9.90 Å². The van der Waals surface area contributed by atoms with E-state index in [9.17, 15) is 9.90 Å². The molecule has 1 aromatic carbocycles. The van der Waals surface area contributed by atoms with Crippen molar-refractivity contribution in [2.75, 3.05) is 31.5 Å². The maximum Gasteiger partial charge on any atom is 0.335 e. The monoisotopic (exact) mass is 292 g/mol. The summed E-state index contributed by atoms with van der Waals surface area (Å²) in [6.07, 6.45) is 3.04. The van der Waals surface area contributed by atoms with Gasteiger partial charge in [0.25, 0.3) is 0 Å². The summed E-state index contributed by atoms with van der Waals surface area (Å²) >= 11 is 0. The van der Waals surface area contributed by atoms with Crippen molar-refractivity contribution in [3.63, 3.8) is 0 Å². The topological polar surface area (TPSA) is 52.6 Å². The summed E-state index contributed by atoms with van der Waals surface area (Å²) in [7, 11) is 0.